The number of rotatable bonds is 54. The second-order valence-electron chi connectivity index (χ2n) is 19.9. The molecule has 408 valence electrons. The largest absolute Gasteiger partial charge is 0.462 e. The Balaban J connectivity index is 4.42. The van der Waals surface area contributed by atoms with Crippen molar-refractivity contribution in [3.05, 3.63) is 85.1 Å². The van der Waals surface area contributed by atoms with Crippen LogP contribution >= 0.6 is 0 Å². The Hall–Kier alpha value is -3.41. The van der Waals surface area contributed by atoms with Gasteiger partial charge in [-0.3, -0.25) is 14.4 Å². The van der Waals surface area contributed by atoms with E-state index in [2.05, 4.69) is 106 Å². The van der Waals surface area contributed by atoms with Gasteiger partial charge in [-0.1, -0.05) is 260 Å². The Morgan fingerprint density at radius 1 is 0.296 bits per heavy atom. The number of esters is 3. The molecule has 0 aromatic carbocycles. The number of unbranched alkanes of at least 4 members (excludes halogenated alkanes) is 29. The van der Waals surface area contributed by atoms with Crippen LogP contribution < -0.4 is 0 Å². The van der Waals surface area contributed by atoms with Crippen LogP contribution in [0.4, 0.5) is 0 Å². The molecule has 0 radical (unpaired) electrons. The number of ether oxygens (including phenoxy) is 3. The zero-order valence-corrected chi connectivity index (χ0v) is 46.7. The van der Waals surface area contributed by atoms with Crippen LogP contribution in [0.2, 0.25) is 0 Å². The van der Waals surface area contributed by atoms with Crippen molar-refractivity contribution in [2.24, 2.45) is 0 Å². The van der Waals surface area contributed by atoms with Gasteiger partial charge >= 0.3 is 17.9 Å². The van der Waals surface area contributed by atoms with Gasteiger partial charge in [0.15, 0.2) is 6.10 Å². The Labute approximate surface area is 439 Å². The van der Waals surface area contributed by atoms with Crippen molar-refractivity contribution in [2.75, 3.05) is 13.2 Å². The van der Waals surface area contributed by atoms with Crippen LogP contribution in [-0.4, -0.2) is 37.2 Å². The minimum atomic E-state index is -0.802. The predicted molar refractivity (Wildman–Crippen MR) is 307 cm³/mol. The van der Waals surface area contributed by atoms with Crippen molar-refractivity contribution in [3.8, 4) is 0 Å². The number of allylic oxidation sites excluding steroid dienone is 14. The highest BCUT2D eigenvalue weighted by Gasteiger charge is 2.19. The summed E-state index contributed by atoms with van der Waals surface area (Å²) in [6.07, 6.45) is 77.3. The molecule has 0 aliphatic heterocycles. The minimum absolute atomic E-state index is 0.0997. The van der Waals surface area contributed by atoms with Crippen LogP contribution in [-0.2, 0) is 28.6 Å². The summed E-state index contributed by atoms with van der Waals surface area (Å²) in [5.74, 6) is -0.951. The van der Waals surface area contributed by atoms with Crippen molar-refractivity contribution < 1.29 is 28.6 Å². The van der Waals surface area contributed by atoms with Gasteiger partial charge in [0.05, 0.1) is 0 Å². The van der Waals surface area contributed by atoms with Gasteiger partial charge in [-0.05, 0) is 96.3 Å². The highest BCUT2D eigenvalue weighted by atomic mass is 16.6. The molecule has 0 spiro atoms. The highest BCUT2D eigenvalue weighted by molar-refractivity contribution is 5.71. The van der Waals surface area contributed by atoms with Crippen LogP contribution in [0, 0.1) is 0 Å². The molecule has 0 saturated heterocycles. The molecule has 1 atom stereocenters. The Morgan fingerprint density at radius 2 is 0.549 bits per heavy atom. The molecule has 0 unspecified atom stereocenters. The molecule has 0 saturated carbocycles. The summed E-state index contributed by atoms with van der Waals surface area (Å²) in [4.78, 5) is 38.2. The molecule has 6 nitrogen and oxygen atoms in total. The third-order valence-electron chi connectivity index (χ3n) is 12.9. The van der Waals surface area contributed by atoms with Gasteiger partial charge in [-0.25, -0.2) is 0 Å². The maximum atomic E-state index is 12.9. The van der Waals surface area contributed by atoms with Crippen LogP contribution in [0.25, 0.3) is 0 Å². The molecule has 0 fully saturated rings. The molecule has 0 aromatic rings. The van der Waals surface area contributed by atoms with Crippen LogP contribution in [0.1, 0.15) is 290 Å². The van der Waals surface area contributed by atoms with Gasteiger partial charge in [0.25, 0.3) is 0 Å². The Bertz CT molecular complexity index is 1370. The highest BCUT2D eigenvalue weighted by Crippen LogP contribution is 2.16. The molecule has 0 bridgehead atoms. The number of hydrogen-bond donors (Lipinski definition) is 0. The maximum absolute atomic E-state index is 12.9. The third-order valence-corrected chi connectivity index (χ3v) is 12.9. The van der Waals surface area contributed by atoms with Gasteiger partial charge in [0.1, 0.15) is 13.2 Å². The Kier molecular flexibility index (Phi) is 56.3. The zero-order valence-electron chi connectivity index (χ0n) is 46.7. The lowest BCUT2D eigenvalue weighted by Crippen LogP contribution is -2.30. The first-order chi connectivity index (χ1) is 35.0. The molecule has 0 heterocycles. The lowest BCUT2D eigenvalue weighted by atomic mass is 10.0. The fourth-order valence-electron chi connectivity index (χ4n) is 8.38. The van der Waals surface area contributed by atoms with Crippen LogP contribution in [0.15, 0.2) is 85.1 Å². The normalized spacial score (nSPS) is 12.7. The van der Waals surface area contributed by atoms with E-state index in [4.69, 9.17) is 14.2 Å². The zero-order chi connectivity index (χ0) is 51.4. The molecular formula is C65H112O6. The van der Waals surface area contributed by atoms with E-state index in [0.717, 1.165) is 109 Å². The van der Waals surface area contributed by atoms with E-state index in [1.807, 2.05) is 0 Å². The smallest absolute Gasteiger partial charge is 0.306 e. The molecule has 6 heteroatoms. The molecule has 0 rings (SSSR count). The lowest BCUT2D eigenvalue weighted by Gasteiger charge is -2.18. The second kappa shape index (κ2) is 59.2. The average molecular weight is 990 g/mol. The molecule has 0 aromatic heterocycles. The van der Waals surface area contributed by atoms with E-state index in [0.29, 0.717) is 19.3 Å². The third kappa shape index (κ3) is 57.4. The fraction of sp³-hybridized carbons (Fsp3) is 0.738. The van der Waals surface area contributed by atoms with E-state index in [1.54, 1.807) is 0 Å². The van der Waals surface area contributed by atoms with Gasteiger partial charge in [0, 0.05) is 19.3 Å². The minimum Gasteiger partial charge on any atom is -0.462 e. The van der Waals surface area contributed by atoms with Crippen molar-refractivity contribution >= 4 is 17.9 Å². The monoisotopic (exact) mass is 989 g/mol. The topological polar surface area (TPSA) is 78.9 Å². The van der Waals surface area contributed by atoms with Crippen molar-refractivity contribution in [2.45, 2.75) is 297 Å². The molecule has 0 aliphatic carbocycles. The first kappa shape index (κ1) is 67.6. The molecule has 71 heavy (non-hydrogen) atoms. The van der Waals surface area contributed by atoms with Gasteiger partial charge < -0.3 is 14.2 Å². The van der Waals surface area contributed by atoms with Crippen LogP contribution in [0.3, 0.4) is 0 Å². The molecule has 0 amide bonds. The molecule has 0 N–H and O–H groups in total. The van der Waals surface area contributed by atoms with E-state index in [9.17, 15) is 14.4 Å². The fourth-order valence-corrected chi connectivity index (χ4v) is 8.38. The van der Waals surface area contributed by atoms with E-state index < -0.39 is 6.10 Å². The summed E-state index contributed by atoms with van der Waals surface area (Å²) in [6, 6.07) is 0. The van der Waals surface area contributed by atoms with Crippen molar-refractivity contribution in [1.29, 1.82) is 0 Å². The molecular weight excluding hydrogens is 877 g/mol. The van der Waals surface area contributed by atoms with Gasteiger partial charge in [-0.15, -0.1) is 0 Å². The lowest BCUT2D eigenvalue weighted by molar-refractivity contribution is -0.167. The summed E-state index contributed by atoms with van der Waals surface area (Å²) in [5, 5.41) is 0. The quantitative estimate of drug-likeness (QED) is 0.0261. The first-order valence-electron chi connectivity index (χ1n) is 30.1. The first-order valence-corrected chi connectivity index (χ1v) is 30.1. The summed E-state index contributed by atoms with van der Waals surface area (Å²) >= 11 is 0. The Morgan fingerprint density at radius 3 is 0.915 bits per heavy atom. The maximum Gasteiger partial charge on any atom is 0.306 e. The van der Waals surface area contributed by atoms with E-state index in [1.165, 1.54) is 141 Å². The number of carbonyl (C=O) groups is 3. The van der Waals surface area contributed by atoms with Crippen LogP contribution in [0.5, 0.6) is 0 Å². The number of hydrogen-bond acceptors (Lipinski definition) is 6. The summed E-state index contributed by atoms with van der Waals surface area (Å²) in [7, 11) is 0. The molecule has 0 aliphatic rings. The van der Waals surface area contributed by atoms with Crippen molar-refractivity contribution in [3.63, 3.8) is 0 Å². The van der Waals surface area contributed by atoms with E-state index >= 15 is 0 Å². The average Bonchev–Trinajstić information content (AvgIpc) is 3.37. The summed E-state index contributed by atoms with van der Waals surface area (Å²) in [5.41, 5.74) is 0. The van der Waals surface area contributed by atoms with Gasteiger partial charge in [-0.2, -0.15) is 0 Å². The predicted octanol–water partition coefficient (Wildman–Crippen LogP) is 20.3. The number of carbonyl (C=O) groups excluding carboxylic acids is 3. The summed E-state index contributed by atoms with van der Waals surface area (Å²) < 4.78 is 16.8. The van der Waals surface area contributed by atoms with Crippen molar-refractivity contribution in [1.82, 2.24) is 0 Å². The van der Waals surface area contributed by atoms with Gasteiger partial charge in [0.2, 0.25) is 0 Å². The summed E-state index contributed by atoms with van der Waals surface area (Å²) in [6.45, 7) is 6.47. The SMILES string of the molecule is CC/C=C\C/C=C\C/C=C\C/C=C\CCCCC(=O)OC[C@H](COC(=O)CCCCCC/C=C\C/C=C\C/C=C\CCCCC)OC(=O)CCCCCCCCCCCCCCCCCCCCCCC. The second-order valence-corrected chi connectivity index (χ2v) is 19.9. The van der Waals surface area contributed by atoms with E-state index in [-0.39, 0.29) is 31.1 Å². The standard InChI is InChI=1S/C65H112O6/c1-4-7-10-13-16-19-22-25-28-30-31-32-33-35-38-41-44-47-50-53-56-59-65(68)71-62(60-69-63(66)57-54-51-48-45-42-39-36-27-24-21-18-15-12-9-6-3)61-70-64(67)58-55-52-49-46-43-40-37-34-29-26-23-20-17-14-11-8-5-2/h9,12,17-18,20-21,26-27,29,36-37,40,42,45,62H,4-8,10-11,13-16,19,22-25,28,30-35,38-39,41,43-44,46-61H2,1-3H3/b12-9-,20-17-,21-18-,29-26-,36-27-,40-37-,45-42-/t62-/m1/s1.